The van der Waals surface area contributed by atoms with Gasteiger partial charge in [0.15, 0.2) is 17.3 Å². The molecule has 0 saturated carbocycles. The lowest BCUT2D eigenvalue weighted by Crippen LogP contribution is -2.14. The first-order chi connectivity index (χ1) is 12.5. The van der Waals surface area contributed by atoms with Gasteiger partial charge < -0.3 is 28.6 Å². The number of hydrogen-bond acceptors (Lipinski definition) is 7. The van der Waals surface area contributed by atoms with Gasteiger partial charge in [0, 0.05) is 19.9 Å². The predicted molar refractivity (Wildman–Crippen MR) is 101 cm³/mol. The highest BCUT2D eigenvalue weighted by atomic mass is 31.2. The van der Waals surface area contributed by atoms with E-state index in [1.54, 1.807) is 12.1 Å². The number of rotatable bonds is 9. The summed E-state index contributed by atoms with van der Waals surface area (Å²) in [4.78, 5) is 0. The summed E-state index contributed by atoms with van der Waals surface area (Å²) in [5, 5.41) is 3.21. The van der Waals surface area contributed by atoms with E-state index in [9.17, 15) is 4.57 Å². The van der Waals surface area contributed by atoms with Gasteiger partial charge >= 0.3 is 7.60 Å². The van der Waals surface area contributed by atoms with E-state index in [4.69, 9.17) is 23.3 Å². The van der Waals surface area contributed by atoms with Gasteiger partial charge in [-0.1, -0.05) is 18.2 Å². The van der Waals surface area contributed by atoms with Crippen LogP contribution in [-0.4, -0.2) is 35.5 Å². The van der Waals surface area contributed by atoms with Crippen LogP contribution in [0.3, 0.4) is 0 Å². The first-order valence-electron chi connectivity index (χ1n) is 7.85. The molecule has 26 heavy (non-hydrogen) atoms. The van der Waals surface area contributed by atoms with E-state index in [0.29, 0.717) is 22.8 Å². The Morgan fingerprint density at radius 3 is 1.81 bits per heavy atom. The maximum Gasteiger partial charge on any atom is 0.356 e. The maximum atomic E-state index is 13.2. The van der Waals surface area contributed by atoms with E-state index in [0.717, 1.165) is 5.69 Å². The van der Waals surface area contributed by atoms with Crippen LogP contribution in [0.2, 0.25) is 0 Å². The molecule has 0 aliphatic heterocycles. The lowest BCUT2D eigenvalue weighted by molar-refractivity contribution is 0.268. The highest BCUT2D eigenvalue weighted by Crippen LogP contribution is 2.60. The first kappa shape index (κ1) is 20.1. The molecule has 7 nitrogen and oxygen atoms in total. The van der Waals surface area contributed by atoms with Crippen LogP contribution in [-0.2, 0) is 13.6 Å². The van der Waals surface area contributed by atoms with Crippen molar-refractivity contribution in [3.05, 3.63) is 48.0 Å². The molecule has 1 unspecified atom stereocenters. The molecule has 142 valence electrons. The molecule has 2 aromatic rings. The van der Waals surface area contributed by atoms with Gasteiger partial charge in [-0.3, -0.25) is 4.57 Å². The largest absolute Gasteiger partial charge is 0.493 e. The van der Waals surface area contributed by atoms with Gasteiger partial charge in [-0.25, -0.2) is 0 Å². The monoisotopic (exact) mass is 381 g/mol. The normalized spacial score (nSPS) is 12.3. The van der Waals surface area contributed by atoms with Crippen LogP contribution in [0, 0.1) is 0 Å². The summed E-state index contributed by atoms with van der Waals surface area (Å²) < 4.78 is 39.8. The zero-order valence-electron chi connectivity index (χ0n) is 15.5. The fourth-order valence-electron chi connectivity index (χ4n) is 2.58. The first-order valence-corrected chi connectivity index (χ1v) is 9.46. The Labute approximate surface area is 153 Å². The Balaban J connectivity index is 2.59. The Bertz CT molecular complexity index is 735. The van der Waals surface area contributed by atoms with Crippen molar-refractivity contribution in [2.24, 2.45) is 0 Å². The molecule has 1 N–H and O–H groups in total. The minimum atomic E-state index is -3.53. The number of benzene rings is 2. The zero-order valence-corrected chi connectivity index (χ0v) is 16.4. The van der Waals surface area contributed by atoms with Crippen LogP contribution in [0.4, 0.5) is 5.69 Å². The SMILES string of the molecule is COc1cc(C(Nc2ccccc2)P(=O)(OC)OC)cc(OC)c1OC. The van der Waals surface area contributed by atoms with Gasteiger partial charge in [0.05, 0.1) is 21.3 Å². The van der Waals surface area contributed by atoms with E-state index in [1.807, 2.05) is 30.3 Å². The molecule has 0 spiro atoms. The summed E-state index contributed by atoms with van der Waals surface area (Å²) in [5.41, 5.74) is 1.37. The number of ether oxygens (including phenoxy) is 3. The highest BCUT2D eigenvalue weighted by Gasteiger charge is 2.37. The molecule has 0 bridgehead atoms. The van der Waals surface area contributed by atoms with Crippen molar-refractivity contribution in [2.45, 2.75) is 5.78 Å². The zero-order chi connectivity index (χ0) is 19.2. The molecular weight excluding hydrogens is 357 g/mol. The van der Waals surface area contributed by atoms with Crippen molar-refractivity contribution in [2.75, 3.05) is 40.9 Å². The molecule has 0 aromatic heterocycles. The average molecular weight is 381 g/mol. The van der Waals surface area contributed by atoms with Crippen molar-refractivity contribution >= 4 is 13.3 Å². The van der Waals surface area contributed by atoms with Crippen LogP contribution in [0.25, 0.3) is 0 Å². The molecule has 0 heterocycles. The maximum absolute atomic E-state index is 13.2. The second-order valence-corrected chi connectivity index (χ2v) is 7.60. The smallest absolute Gasteiger partial charge is 0.356 e. The van der Waals surface area contributed by atoms with E-state index in [-0.39, 0.29) is 0 Å². The third-order valence-corrected chi connectivity index (χ3v) is 5.98. The lowest BCUT2D eigenvalue weighted by atomic mass is 10.1. The Hall–Kier alpha value is -2.21. The molecule has 0 fully saturated rings. The van der Waals surface area contributed by atoms with Gasteiger partial charge in [0.1, 0.15) is 0 Å². The van der Waals surface area contributed by atoms with Crippen LogP contribution in [0.15, 0.2) is 42.5 Å². The highest BCUT2D eigenvalue weighted by molar-refractivity contribution is 7.54. The van der Waals surface area contributed by atoms with Crippen molar-refractivity contribution in [3.8, 4) is 17.2 Å². The minimum absolute atomic E-state index is 0.445. The van der Waals surface area contributed by atoms with Crippen molar-refractivity contribution in [1.29, 1.82) is 0 Å². The van der Waals surface area contributed by atoms with E-state index in [2.05, 4.69) is 5.32 Å². The van der Waals surface area contributed by atoms with E-state index >= 15 is 0 Å². The van der Waals surface area contributed by atoms with Crippen molar-refractivity contribution < 1.29 is 27.8 Å². The van der Waals surface area contributed by atoms with Crippen molar-refractivity contribution in [3.63, 3.8) is 0 Å². The number of para-hydroxylation sites is 1. The summed E-state index contributed by atoms with van der Waals surface area (Å²) >= 11 is 0. The number of nitrogens with one attached hydrogen (secondary N) is 1. The quantitative estimate of drug-likeness (QED) is 0.649. The van der Waals surface area contributed by atoms with Gasteiger partial charge in [-0.2, -0.15) is 0 Å². The second kappa shape index (κ2) is 8.94. The molecule has 2 rings (SSSR count). The van der Waals surface area contributed by atoms with Gasteiger partial charge in [-0.05, 0) is 29.8 Å². The Morgan fingerprint density at radius 1 is 0.846 bits per heavy atom. The fraction of sp³-hybridized carbons (Fsp3) is 0.333. The summed E-state index contributed by atoms with van der Waals surface area (Å²) in [5.74, 6) is 0.552. The average Bonchev–Trinajstić information content (AvgIpc) is 2.71. The van der Waals surface area contributed by atoms with Gasteiger partial charge in [0.25, 0.3) is 0 Å². The summed E-state index contributed by atoms with van der Waals surface area (Å²) in [6, 6.07) is 12.8. The summed E-state index contributed by atoms with van der Waals surface area (Å²) in [7, 11) is 3.74. The van der Waals surface area contributed by atoms with E-state index < -0.39 is 13.4 Å². The fourth-order valence-corrected chi connectivity index (χ4v) is 3.97. The summed E-state index contributed by atoms with van der Waals surface area (Å²) in [6.45, 7) is 0. The van der Waals surface area contributed by atoms with Crippen LogP contribution in [0.5, 0.6) is 17.2 Å². The molecule has 0 aliphatic rings. The molecule has 0 radical (unpaired) electrons. The molecule has 2 aromatic carbocycles. The van der Waals surface area contributed by atoms with Gasteiger partial charge in [0.2, 0.25) is 5.75 Å². The molecule has 1 atom stereocenters. The molecule has 0 saturated heterocycles. The molecule has 0 aliphatic carbocycles. The van der Waals surface area contributed by atoms with Crippen molar-refractivity contribution in [1.82, 2.24) is 0 Å². The topological polar surface area (TPSA) is 75.3 Å². The molecular formula is C18H24NO6P. The standard InChI is InChI=1S/C18H24NO6P/c1-21-15-11-13(12-16(22-2)17(15)23-3)18(26(20,24-4)25-5)19-14-9-7-6-8-10-14/h6-12,18-19H,1-5H3. The van der Waals surface area contributed by atoms with Crippen LogP contribution >= 0.6 is 7.60 Å². The third kappa shape index (κ3) is 4.12. The molecule has 0 amide bonds. The summed E-state index contributed by atoms with van der Waals surface area (Å²) in [6.07, 6.45) is 0. The third-order valence-electron chi connectivity index (χ3n) is 3.91. The van der Waals surface area contributed by atoms with Crippen LogP contribution in [0.1, 0.15) is 11.3 Å². The number of anilines is 1. The van der Waals surface area contributed by atoms with Gasteiger partial charge in [-0.15, -0.1) is 0 Å². The predicted octanol–water partition coefficient (Wildman–Crippen LogP) is 4.31. The lowest BCUT2D eigenvalue weighted by Gasteiger charge is -2.27. The van der Waals surface area contributed by atoms with E-state index in [1.165, 1.54) is 35.5 Å². The number of methoxy groups -OCH3 is 3. The number of hydrogen-bond donors (Lipinski definition) is 1. The Morgan fingerprint density at radius 2 is 1.38 bits per heavy atom. The minimum Gasteiger partial charge on any atom is -0.493 e. The molecule has 8 heteroatoms. The Kier molecular flexibility index (Phi) is 6.91. The second-order valence-electron chi connectivity index (χ2n) is 5.28. The van der Waals surface area contributed by atoms with Crippen LogP contribution < -0.4 is 19.5 Å².